The molecule has 0 heterocycles. The average molecular weight is 299 g/mol. The van der Waals surface area contributed by atoms with Gasteiger partial charge in [-0.3, -0.25) is 0 Å². The minimum Gasteiger partial charge on any atom is -0.598 e. The summed E-state index contributed by atoms with van der Waals surface area (Å²) in [5.74, 6) is 0. The quantitative estimate of drug-likeness (QED) is 0.638. The maximum atomic E-state index is 12.5. The maximum absolute atomic E-state index is 12.5. The molecule has 0 aromatic carbocycles. The summed E-state index contributed by atoms with van der Waals surface area (Å²) in [5, 5.41) is 0. The third kappa shape index (κ3) is 7.32. The van der Waals surface area contributed by atoms with Gasteiger partial charge in [0.05, 0.1) is 0 Å². The summed E-state index contributed by atoms with van der Waals surface area (Å²) >= 11 is -2.08. The fourth-order valence-corrected chi connectivity index (χ4v) is 1.77. The molecule has 0 aliphatic carbocycles. The molecule has 0 saturated heterocycles. The van der Waals surface area contributed by atoms with Gasteiger partial charge in [-0.2, -0.15) is 26.3 Å². The molecular weight excluding hydrogens is 284 g/mol. The van der Waals surface area contributed by atoms with E-state index in [9.17, 15) is 30.9 Å². The van der Waals surface area contributed by atoms with Crippen molar-refractivity contribution < 1.29 is 30.9 Å². The fourth-order valence-electron chi connectivity index (χ4n) is 0.903. The zero-order chi connectivity index (χ0) is 14.8. The molecule has 9 heteroatoms. The van der Waals surface area contributed by atoms with E-state index in [1.807, 2.05) is 0 Å². The van der Waals surface area contributed by atoms with Gasteiger partial charge in [0.25, 0.3) is 0 Å². The first-order valence-electron chi connectivity index (χ1n) is 5.05. The van der Waals surface area contributed by atoms with Gasteiger partial charge in [-0.15, -0.1) is 4.72 Å². The zero-order valence-electron chi connectivity index (χ0n) is 10.1. The number of hydrogen-bond donors (Lipinski definition) is 1. The van der Waals surface area contributed by atoms with Crippen molar-refractivity contribution >= 4 is 11.4 Å². The van der Waals surface area contributed by atoms with Crippen LogP contribution in [-0.2, 0) is 11.4 Å². The Morgan fingerprint density at radius 1 is 1.06 bits per heavy atom. The van der Waals surface area contributed by atoms with Gasteiger partial charge in [-0.1, -0.05) is 0 Å². The van der Waals surface area contributed by atoms with E-state index in [0.717, 1.165) is 0 Å². The summed E-state index contributed by atoms with van der Waals surface area (Å²) in [5.41, 5.74) is 0. The van der Waals surface area contributed by atoms with Crippen molar-refractivity contribution in [2.45, 2.75) is 56.8 Å². The van der Waals surface area contributed by atoms with Gasteiger partial charge >= 0.3 is 12.4 Å². The van der Waals surface area contributed by atoms with Crippen LogP contribution < -0.4 is 4.72 Å². The second kappa shape index (κ2) is 5.87. The third-order valence-electron chi connectivity index (χ3n) is 1.92. The van der Waals surface area contributed by atoms with E-state index in [1.165, 1.54) is 20.8 Å². The lowest BCUT2D eigenvalue weighted by atomic mass is 10.1. The van der Waals surface area contributed by atoms with Crippen molar-refractivity contribution in [3.63, 3.8) is 0 Å². The van der Waals surface area contributed by atoms with Gasteiger partial charge in [0.2, 0.25) is 0 Å². The highest BCUT2D eigenvalue weighted by atomic mass is 32.2. The number of nitrogens with one attached hydrogen (secondary N) is 1. The second-order valence-electron chi connectivity index (χ2n) is 4.75. The molecule has 2 nitrogen and oxygen atoms in total. The van der Waals surface area contributed by atoms with Crippen LogP contribution >= 0.6 is 0 Å². The van der Waals surface area contributed by atoms with Crippen LogP contribution in [0.15, 0.2) is 0 Å². The molecule has 0 bridgehead atoms. The molecule has 1 N–H and O–H groups in total. The molecule has 0 unspecified atom stereocenters. The molecule has 0 aromatic rings. The van der Waals surface area contributed by atoms with Gasteiger partial charge in [0, 0.05) is 17.8 Å². The first kappa shape index (κ1) is 17.8. The van der Waals surface area contributed by atoms with E-state index in [4.69, 9.17) is 0 Å². The summed E-state index contributed by atoms with van der Waals surface area (Å²) in [6.07, 6.45) is -12.3. The van der Waals surface area contributed by atoms with Crippen LogP contribution in [0.2, 0.25) is 0 Å². The Balaban J connectivity index is 4.63. The Labute approximate surface area is 104 Å². The molecule has 18 heavy (non-hydrogen) atoms. The van der Waals surface area contributed by atoms with Crippen LogP contribution in [0.1, 0.15) is 33.6 Å². The molecule has 0 saturated carbocycles. The first-order chi connectivity index (χ1) is 7.73. The standard InChI is InChI=1S/C9H15F6NOS/c1-7(2,3)18(17)16-6(9(13,14)15)4-5-8(10,11)12/h6,16H,4-5H2,1-3H3/t6-,18+/m0/s1. The third-order valence-corrected chi connectivity index (χ3v) is 3.53. The van der Waals surface area contributed by atoms with Gasteiger partial charge < -0.3 is 4.55 Å². The predicted molar refractivity (Wildman–Crippen MR) is 56.2 cm³/mol. The van der Waals surface area contributed by atoms with E-state index >= 15 is 0 Å². The number of hydrogen-bond acceptors (Lipinski definition) is 2. The minimum absolute atomic E-state index is 0.984. The highest BCUT2D eigenvalue weighted by Gasteiger charge is 2.46. The Morgan fingerprint density at radius 2 is 1.50 bits per heavy atom. The molecule has 110 valence electrons. The van der Waals surface area contributed by atoms with Crippen LogP contribution in [0.4, 0.5) is 26.3 Å². The molecule has 0 aromatic heterocycles. The Hall–Kier alpha value is -0.150. The smallest absolute Gasteiger partial charge is 0.408 e. The van der Waals surface area contributed by atoms with Gasteiger partial charge in [-0.05, 0) is 27.2 Å². The monoisotopic (exact) mass is 299 g/mol. The van der Waals surface area contributed by atoms with Crippen molar-refractivity contribution in [2.75, 3.05) is 0 Å². The SMILES string of the molecule is CC(C)(C)[S@@+]([O-])N[C@@H](CCC(F)(F)F)C(F)(F)F. The molecule has 0 fully saturated rings. The van der Waals surface area contributed by atoms with Gasteiger partial charge in [0.15, 0.2) is 0 Å². The molecule has 0 spiro atoms. The van der Waals surface area contributed by atoms with Crippen molar-refractivity contribution in [1.82, 2.24) is 4.72 Å². The second-order valence-corrected chi connectivity index (χ2v) is 6.74. The molecule has 2 atom stereocenters. The normalized spacial score (nSPS) is 17.7. The van der Waals surface area contributed by atoms with Gasteiger partial charge in [0.1, 0.15) is 10.8 Å². The summed E-state index contributed by atoms with van der Waals surface area (Å²) in [6, 6.07) is -2.43. The molecule has 0 radical (unpaired) electrons. The van der Waals surface area contributed by atoms with E-state index in [1.54, 1.807) is 4.72 Å². The van der Waals surface area contributed by atoms with Crippen molar-refractivity contribution in [3.8, 4) is 0 Å². The Bertz CT molecular complexity index is 259. The average Bonchev–Trinajstić information content (AvgIpc) is 2.06. The largest absolute Gasteiger partial charge is 0.598 e. The number of halogens is 6. The van der Waals surface area contributed by atoms with Crippen molar-refractivity contribution in [3.05, 3.63) is 0 Å². The highest BCUT2D eigenvalue weighted by Crippen LogP contribution is 2.30. The van der Waals surface area contributed by atoms with Crippen LogP contribution in [0, 0.1) is 0 Å². The Morgan fingerprint density at radius 3 is 1.78 bits per heavy atom. The fraction of sp³-hybridized carbons (Fsp3) is 1.00. The molecule has 0 rings (SSSR count). The molecular formula is C9H15F6NOS. The van der Waals surface area contributed by atoms with Crippen LogP contribution in [0.5, 0.6) is 0 Å². The van der Waals surface area contributed by atoms with Crippen LogP contribution in [0.25, 0.3) is 0 Å². The van der Waals surface area contributed by atoms with Crippen LogP contribution in [0.3, 0.4) is 0 Å². The summed E-state index contributed by atoms with van der Waals surface area (Å²) in [6.45, 7) is 4.27. The van der Waals surface area contributed by atoms with E-state index in [-0.39, 0.29) is 0 Å². The maximum Gasteiger partial charge on any atom is 0.408 e. The molecule has 0 amide bonds. The van der Waals surface area contributed by atoms with E-state index in [0.29, 0.717) is 0 Å². The molecule has 0 aliphatic rings. The van der Waals surface area contributed by atoms with Crippen molar-refractivity contribution in [2.24, 2.45) is 0 Å². The number of rotatable bonds is 4. The van der Waals surface area contributed by atoms with Crippen LogP contribution in [-0.4, -0.2) is 27.7 Å². The lowest BCUT2D eigenvalue weighted by molar-refractivity contribution is -0.169. The zero-order valence-corrected chi connectivity index (χ0v) is 10.9. The molecule has 0 aliphatic heterocycles. The van der Waals surface area contributed by atoms with Gasteiger partial charge in [-0.25, -0.2) is 0 Å². The van der Waals surface area contributed by atoms with Crippen molar-refractivity contribution in [1.29, 1.82) is 0 Å². The summed E-state index contributed by atoms with van der Waals surface area (Å²) < 4.78 is 85.3. The van der Waals surface area contributed by atoms with E-state index < -0.39 is 47.3 Å². The Kier molecular flexibility index (Phi) is 5.82. The van der Waals surface area contributed by atoms with E-state index in [2.05, 4.69) is 0 Å². The topological polar surface area (TPSA) is 35.1 Å². The summed E-state index contributed by atoms with van der Waals surface area (Å²) in [4.78, 5) is 0. The summed E-state index contributed by atoms with van der Waals surface area (Å²) in [7, 11) is 0. The first-order valence-corrected chi connectivity index (χ1v) is 6.20. The lowest BCUT2D eigenvalue weighted by Gasteiger charge is -2.29. The number of alkyl halides is 6. The predicted octanol–water partition coefficient (Wildman–Crippen LogP) is 3.31. The minimum atomic E-state index is -4.87. The lowest BCUT2D eigenvalue weighted by Crippen LogP contribution is -2.51. The highest BCUT2D eigenvalue weighted by molar-refractivity contribution is 7.90.